The molecule has 2 aliphatic rings. The van der Waals surface area contributed by atoms with Crippen LogP contribution in [0.4, 0.5) is 4.39 Å². The molecule has 2 heteroatoms. The van der Waals surface area contributed by atoms with Gasteiger partial charge in [0.25, 0.3) is 0 Å². The predicted octanol–water partition coefficient (Wildman–Crippen LogP) is 4.03. The van der Waals surface area contributed by atoms with Gasteiger partial charge in [0.1, 0.15) is 5.82 Å². The molecular formula is C18H26FN. The third kappa shape index (κ3) is 3.22. The van der Waals surface area contributed by atoms with Gasteiger partial charge in [-0.3, -0.25) is 0 Å². The Bertz CT molecular complexity index is 441. The van der Waals surface area contributed by atoms with Gasteiger partial charge < -0.3 is 5.32 Å². The molecule has 2 fully saturated rings. The zero-order chi connectivity index (χ0) is 14.2. The highest BCUT2D eigenvalue weighted by Gasteiger charge is 2.53. The molecule has 0 amide bonds. The SMILES string of the molecule is CC(C)CNCC1(Cc2ccc(F)cc2)CC2CC2C1. The van der Waals surface area contributed by atoms with E-state index in [1.807, 2.05) is 12.1 Å². The molecule has 3 rings (SSSR count). The van der Waals surface area contributed by atoms with Gasteiger partial charge in [0.05, 0.1) is 0 Å². The number of benzene rings is 1. The van der Waals surface area contributed by atoms with E-state index in [1.165, 1.54) is 24.8 Å². The molecule has 1 N–H and O–H groups in total. The summed E-state index contributed by atoms with van der Waals surface area (Å²) < 4.78 is 13.0. The average Bonchev–Trinajstić information content (AvgIpc) is 3.00. The van der Waals surface area contributed by atoms with Gasteiger partial charge in [0.15, 0.2) is 0 Å². The Hall–Kier alpha value is -0.890. The molecule has 0 spiro atoms. The summed E-state index contributed by atoms with van der Waals surface area (Å²) in [5.74, 6) is 2.54. The zero-order valence-corrected chi connectivity index (χ0v) is 12.7. The lowest BCUT2D eigenvalue weighted by Crippen LogP contribution is -2.36. The highest BCUT2D eigenvalue weighted by molar-refractivity contribution is 5.20. The van der Waals surface area contributed by atoms with Gasteiger partial charge in [-0.15, -0.1) is 0 Å². The molecule has 110 valence electrons. The van der Waals surface area contributed by atoms with Crippen molar-refractivity contribution in [3.8, 4) is 0 Å². The number of nitrogens with one attached hydrogen (secondary N) is 1. The number of hydrogen-bond acceptors (Lipinski definition) is 1. The maximum atomic E-state index is 13.0. The van der Waals surface area contributed by atoms with Crippen LogP contribution < -0.4 is 5.32 Å². The Kier molecular flexibility index (Phi) is 3.85. The third-order valence-electron chi connectivity index (χ3n) is 5.00. The van der Waals surface area contributed by atoms with Crippen LogP contribution in [0.5, 0.6) is 0 Å². The van der Waals surface area contributed by atoms with Crippen molar-refractivity contribution in [3.05, 3.63) is 35.6 Å². The lowest BCUT2D eigenvalue weighted by atomic mass is 9.77. The zero-order valence-electron chi connectivity index (χ0n) is 12.7. The van der Waals surface area contributed by atoms with Crippen molar-refractivity contribution in [1.29, 1.82) is 0 Å². The summed E-state index contributed by atoms with van der Waals surface area (Å²) in [7, 11) is 0. The van der Waals surface area contributed by atoms with E-state index in [0.717, 1.165) is 31.3 Å². The van der Waals surface area contributed by atoms with Crippen molar-refractivity contribution in [2.45, 2.75) is 39.5 Å². The standard InChI is InChI=1S/C18H26FN/c1-13(2)11-20-12-18(9-15-7-16(15)10-18)8-14-3-5-17(19)6-4-14/h3-6,13,15-16,20H,7-12H2,1-2H3. The molecule has 2 atom stereocenters. The highest BCUT2D eigenvalue weighted by Crippen LogP contribution is 2.60. The van der Waals surface area contributed by atoms with E-state index in [1.54, 1.807) is 12.1 Å². The Morgan fingerprint density at radius 1 is 1.20 bits per heavy atom. The van der Waals surface area contributed by atoms with Crippen LogP contribution in [0.2, 0.25) is 0 Å². The quantitative estimate of drug-likeness (QED) is 0.826. The first-order chi connectivity index (χ1) is 9.56. The van der Waals surface area contributed by atoms with Crippen LogP contribution in [0.1, 0.15) is 38.7 Å². The molecule has 0 heterocycles. The smallest absolute Gasteiger partial charge is 0.123 e. The van der Waals surface area contributed by atoms with Crippen LogP contribution in [0, 0.1) is 29.0 Å². The van der Waals surface area contributed by atoms with Crippen molar-refractivity contribution in [2.75, 3.05) is 13.1 Å². The minimum atomic E-state index is -0.130. The van der Waals surface area contributed by atoms with Crippen LogP contribution in [0.25, 0.3) is 0 Å². The second-order valence-corrected chi connectivity index (χ2v) is 7.49. The van der Waals surface area contributed by atoms with Crippen LogP contribution in [-0.4, -0.2) is 13.1 Å². The van der Waals surface area contributed by atoms with E-state index >= 15 is 0 Å². The topological polar surface area (TPSA) is 12.0 Å². The van der Waals surface area contributed by atoms with Crippen LogP contribution in [0.3, 0.4) is 0 Å². The fraction of sp³-hybridized carbons (Fsp3) is 0.667. The highest BCUT2D eigenvalue weighted by atomic mass is 19.1. The second kappa shape index (κ2) is 5.48. The Labute approximate surface area is 122 Å². The van der Waals surface area contributed by atoms with Gasteiger partial charge in [0.2, 0.25) is 0 Å². The molecule has 1 aromatic carbocycles. The van der Waals surface area contributed by atoms with Gasteiger partial charge in [-0.05, 0) is 73.1 Å². The average molecular weight is 275 g/mol. The molecule has 2 saturated carbocycles. The van der Waals surface area contributed by atoms with Crippen molar-refractivity contribution >= 4 is 0 Å². The molecule has 1 aromatic rings. The van der Waals surface area contributed by atoms with Crippen LogP contribution in [0.15, 0.2) is 24.3 Å². The van der Waals surface area contributed by atoms with Gasteiger partial charge in [-0.2, -0.15) is 0 Å². The van der Waals surface area contributed by atoms with E-state index in [-0.39, 0.29) is 5.82 Å². The fourth-order valence-electron chi connectivity index (χ4n) is 4.02. The van der Waals surface area contributed by atoms with Crippen molar-refractivity contribution < 1.29 is 4.39 Å². The van der Waals surface area contributed by atoms with Crippen LogP contribution >= 0.6 is 0 Å². The summed E-state index contributed by atoms with van der Waals surface area (Å²) >= 11 is 0. The summed E-state index contributed by atoms with van der Waals surface area (Å²) in [5, 5.41) is 3.67. The van der Waals surface area contributed by atoms with Gasteiger partial charge in [-0.1, -0.05) is 26.0 Å². The molecule has 0 aliphatic heterocycles. The molecule has 0 bridgehead atoms. The van der Waals surface area contributed by atoms with E-state index < -0.39 is 0 Å². The summed E-state index contributed by atoms with van der Waals surface area (Å²) in [4.78, 5) is 0. The van der Waals surface area contributed by atoms with Gasteiger partial charge in [-0.25, -0.2) is 4.39 Å². The summed E-state index contributed by atoms with van der Waals surface area (Å²) in [6.45, 7) is 6.73. The molecule has 0 saturated heterocycles. The number of rotatable bonds is 6. The van der Waals surface area contributed by atoms with Crippen molar-refractivity contribution in [2.24, 2.45) is 23.2 Å². The fourth-order valence-corrected chi connectivity index (χ4v) is 4.02. The number of halogens is 1. The first-order valence-electron chi connectivity index (χ1n) is 8.01. The third-order valence-corrected chi connectivity index (χ3v) is 5.00. The first-order valence-corrected chi connectivity index (χ1v) is 8.01. The molecule has 0 radical (unpaired) electrons. The van der Waals surface area contributed by atoms with Gasteiger partial charge >= 0.3 is 0 Å². The van der Waals surface area contributed by atoms with Crippen molar-refractivity contribution in [1.82, 2.24) is 5.32 Å². The summed E-state index contributed by atoms with van der Waals surface area (Å²) in [5.41, 5.74) is 1.71. The van der Waals surface area contributed by atoms with E-state index in [2.05, 4.69) is 19.2 Å². The summed E-state index contributed by atoms with van der Waals surface area (Å²) in [6, 6.07) is 7.12. The Balaban J connectivity index is 1.65. The second-order valence-electron chi connectivity index (χ2n) is 7.49. The maximum absolute atomic E-state index is 13.0. The summed E-state index contributed by atoms with van der Waals surface area (Å²) in [6.07, 6.45) is 5.28. The predicted molar refractivity (Wildman–Crippen MR) is 81.1 cm³/mol. The minimum absolute atomic E-state index is 0.130. The lowest BCUT2D eigenvalue weighted by Gasteiger charge is -2.32. The molecule has 2 aliphatic carbocycles. The van der Waals surface area contributed by atoms with E-state index in [0.29, 0.717) is 11.3 Å². The molecule has 1 nitrogen and oxygen atoms in total. The minimum Gasteiger partial charge on any atom is -0.316 e. The lowest BCUT2D eigenvalue weighted by molar-refractivity contribution is 0.245. The Morgan fingerprint density at radius 3 is 2.45 bits per heavy atom. The largest absolute Gasteiger partial charge is 0.316 e. The van der Waals surface area contributed by atoms with E-state index in [9.17, 15) is 4.39 Å². The number of hydrogen-bond donors (Lipinski definition) is 1. The van der Waals surface area contributed by atoms with E-state index in [4.69, 9.17) is 0 Å². The van der Waals surface area contributed by atoms with Gasteiger partial charge in [0, 0.05) is 6.54 Å². The molecule has 0 aromatic heterocycles. The van der Waals surface area contributed by atoms with Crippen LogP contribution in [-0.2, 0) is 6.42 Å². The molecule has 20 heavy (non-hydrogen) atoms. The normalized spacial score (nSPS) is 31.6. The molecular weight excluding hydrogens is 249 g/mol. The number of fused-ring (bicyclic) bond motifs is 1. The van der Waals surface area contributed by atoms with Crippen molar-refractivity contribution in [3.63, 3.8) is 0 Å². The maximum Gasteiger partial charge on any atom is 0.123 e. The Morgan fingerprint density at radius 2 is 1.85 bits per heavy atom. The first kappa shape index (κ1) is 14.1. The molecule has 2 unspecified atom stereocenters. The monoisotopic (exact) mass is 275 g/mol.